The summed E-state index contributed by atoms with van der Waals surface area (Å²) in [5.74, 6) is -3.91. The van der Waals surface area contributed by atoms with E-state index in [1.165, 1.54) is 0 Å². The van der Waals surface area contributed by atoms with Crippen LogP contribution >= 0.6 is 0 Å². The van der Waals surface area contributed by atoms with Crippen molar-refractivity contribution in [3.05, 3.63) is 0 Å². The highest BCUT2D eigenvalue weighted by Crippen LogP contribution is 2.33. The normalized spacial score (nSPS) is 14.3. The van der Waals surface area contributed by atoms with Gasteiger partial charge in [-0.3, -0.25) is 4.79 Å². The number of hydrogen-bond donors (Lipinski definition) is 0. The van der Waals surface area contributed by atoms with Crippen molar-refractivity contribution in [1.29, 1.82) is 0 Å². The highest BCUT2D eigenvalue weighted by molar-refractivity contribution is 5.89. The van der Waals surface area contributed by atoms with Crippen LogP contribution in [0.2, 0.25) is 0 Å². The molecule has 0 amide bonds. The summed E-state index contributed by atoms with van der Waals surface area (Å²) in [6.45, 7) is 0. The molecule has 2 nitrogen and oxygen atoms in total. The second kappa shape index (κ2) is 3.33. The lowest BCUT2D eigenvalue weighted by molar-refractivity contribution is -0.413. The molecule has 10 heteroatoms. The largest absolute Gasteiger partial charge is 0.527 e. The molecule has 0 heterocycles. The fourth-order valence-electron chi connectivity index (χ4n) is 0.357. The molecule has 14 heavy (non-hydrogen) atoms. The molecule has 0 fully saturated rings. The van der Waals surface area contributed by atoms with E-state index in [9.17, 15) is 39.9 Å². The van der Waals surface area contributed by atoms with Crippen LogP contribution in [0.25, 0.3) is 0 Å². The van der Waals surface area contributed by atoms with Crippen molar-refractivity contribution in [2.75, 3.05) is 0 Å². The first-order valence-electron chi connectivity index (χ1n) is 2.62. The van der Waals surface area contributed by atoms with E-state index >= 15 is 0 Å². The molecule has 0 aromatic rings. The van der Waals surface area contributed by atoms with Crippen LogP contribution in [0, 0.1) is 0 Å². The molecule has 0 aliphatic rings. The minimum absolute atomic E-state index is 1.71. The van der Waals surface area contributed by atoms with Crippen LogP contribution in [0.5, 0.6) is 0 Å². The van der Waals surface area contributed by atoms with Gasteiger partial charge < -0.3 is 0 Å². The van der Waals surface area contributed by atoms with Gasteiger partial charge in [-0.1, -0.05) is 0 Å². The van der Waals surface area contributed by atoms with Crippen LogP contribution in [-0.4, -0.2) is 24.4 Å². The first-order valence-corrected chi connectivity index (χ1v) is 2.62. The average molecular weight is 232 g/mol. The van der Waals surface area contributed by atoms with Gasteiger partial charge in [-0.05, 0) is 0 Å². The van der Waals surface area contributed by atoms with E-state index in [2.05, 4.69) is 0 Å². The van der Waals surface area contributed by atoms with Gasteiger partial charge >= 0.3 is 24.4 Å². The van der Waals surface area contributed by atoms with Crippen LogP contribution < -0.4 is 0 Å². The molecular weight excluding hydrogens is 232 g/mol. The van der Waals surface area contributed by atoms with Crippen LogP contribution in [-0.2, 0) is 9.53 Å². The van der Waals surface area contributed by atoms with Crippen molar-refractivity contribution < 1.29 is 44.7 Å². The van der Waals surface area contributed by atoms with E-state index in [1.807, 2.05) is 0 Å². The third kappa shape index (κ3) is 3.85. The Hall–Kier alpha value is -0.930. The molecule has 0 N–H and O–H groups in total. The van der Waals surface area contributed by atoms with Crippen molar-refractivity contribution in [3.63, 3.8) is 0 Å². The Morgan fingerprint density at radius 2 is 1.21 bits per heavy atom. The molecule has 0 bridgehead atoms. The second-order valence-electron chi connectivity index (χ2n) is 1.89. The number of halogens is 8. The van der Waals surface area contributed by atoms with Gasteiger partial charge in [0.25, 0.3) is 0 Å². The van der Waals surface area contributed by atoms with Gasteiger partial charge in [0.1, 0.15) is 0 Å². The Morgan fingerprint density at radius 1 is 0.857 bits per heavy atom. The minimum atomic E-state index is -6.10. The van der Waals surface area contributed by atoms with Crippen molar-refractivity contribution in [3.8, 4) is 0 Å². The molecule has 0 rings (SSSR count). The Bertz CT molecular complexity index is 224. The van der Waals surface area contributed by atoms with E-state index in [-0.39, 0.29) is 0 Å². The summed E-state index contributed by atoms with van der Waals surface area (Å²) in [5.41, 5.74) is 0. The molecule has 0 aliphatic carbocycles. The van der Waals surface area contributed by atoms with Gasteiger partial charge in [-0.2, -0.15) is 22.0 Å². The zero-order chi connectivity index (χ0) is 11.8. The monoisotopic (exact) mass is 232 g/mol. The topological polar surface area (TPSA) is 26.3 Å². The number of carbonyl (C=O) groups is 1. The third-order valence-electron chi connectivity index (χ3n) is 0.766. The number of alkyl halides is 8. The number of rotatable bonds is 2. The lowest BCUT2D eigenvalue weighted by atomic mass is 10.3. The summed E-state index contributed by atoms with van der Waals surface area (Å²) < 4.78 is 92.3. The zero-order valence-electron chi connectivity index (χ0n) is 5.84. The Morgan fingerprint density at radius 3 is 1.43 bits per heavy atom. The van der Waals surface area contributed by atoms with Crippen LogP contribution in [0.4, 0.5) is 35.1 Å². The summed E-state index contributed by atoms with van der Waals surface area (Å²) in [6, 6.07) is 0. The van der Waals surface area contributed by atoms with Crippen molar-refractivity contribution in [2.45, 2.75) is 18.6 Å². The smallest absolute Gasteiger partial charge is 0.280 e. The summed E-state index contributed by atoms with van der Waals surface area (Å²) in [5, 5.41) is 0. The van der Waals surface area contributed by atoms with E-state index < -0.39 is 24.4 Å². The standard InChI is InChI=1S/C4F8O2/c5-2(6,7)1(13)3(8,9)14-4(10,11)12. The highest BCUT2D eigenvalue weighted by atomic mass is 19.4. The van der Waals surface area contributed by atoms with Gasteiger partial charge in [-0.15, -0.1) is 13.2 Å². The highest BCUT2D eigenvalue weighted by Gasteiger charge is 2.60. The van der Waals surface area contributed by atoms with Gasteiger partial charge in [0.2, 0.25) is 0 Å². The SMILES string of the molecule is O=C(C(F)(F)F)C(F)(F)OC(F)(F)F. The Labute approximate surface area is 70.4 Å². The summed E-state index contributed by atoms with van der Waals surface area (Å²) in [6.07, 6.45) is -18.1. The van der Waals surface area contributed by atoms with Crippen molar-refractivity contribution in [2.24, 2.45) is 0 Å². The maximum absolute atomic E-state index is 11.8. The quantitative estimate of drug-likeness (QED) is 0.682. The number of ether oxygens (including phenoxy) is 1. The predicted octanol–water partition coefficient (Wildman–Crippen LogP) is 2.25. The van der Waals surface area contributed by atoms with Crippen LogP contribution in [0.3, 0.4) is 0 Å². The lowest BCUT2D eigenvalue weighted by Gasteiger charge is -2.17. The van der Waals surface area contributed by atoms with Gasteiger partial charge in [0.05, 0.1) is 0 Å². The lowest BCUT2D eigenvalue weighted by Crippen LogP contribution is -2.45. The zero-order valence-corrected chi connectivity index (χ0v) is 5.84. The maximum atomic E-state index is 11.8. The number of ketones is 1. The molecule has 0 saturated heterocycles. The molecule has 0 unspecified atom stereocenters. The van der Waals surface area contributed by atoms with E-state index in [0.29, 0.717) is 0 Å². The number of carbonyl (C=O) groups excluding carboxylic acids is 1. The van der Waals surface area contributed by atoms with E-state index in [0.717, 1.165) is 0 Å². The first-order chi connectivity index (χ1) is 5.86. The minimum Gasteiger partial charge on any atom is -0.280 e. The second-order valence-corrected chi connectivity index (χ2v) is 1.89. The Kier molecular flexibility index (Phi) is 3.11. The molecule has 0 aromatic heterocycles. The van der Waals surface area contributed by atoms with Gasteiger partial charge in [0.15, 0.2) is 0 Å². The van der Waals surface area contributed by atoms with Gasteiger partial charge in [-0.25, -0.2) is 4.74 Å². The number of hydrogen-bond acceptors (Lipinski definition) is 2. The molecule has 0 atom stereocenters. The third-order valence-corrected chi connectivity index (χ3v) is 0.766. The average Bonchev–Trinajstić information content (AvgIpc) is 1.78. The molecule has 0 radical (unpaired) electrons. The molecule has 0 spiro atoms. The Balaban J connectivity index is 4.72. The molecule has 0 aromatic carbocycles. The van der Waals surface area contributed by atoms with Crippen LogP contribution in [0.1, 0.15) is 0 Å². The maximum Gasteiger partial charge on any atom is 0.527 e. The fourth-order valence-corrected chi connectivity index (χ4v) is 0.357. The van der Waals surface area contributed by atoms with Crippen molar-refractivity contribution >= 4 is 5.78 Å². The van der Waals surface area contributed by atoms with E-state index in [4.69, 9.17) is 0 Å². The predicted molar refractivity (Wildman–Crippen MR) is 23.1 cm³/mol. The molecule has 0 saturated carbocycles. The van der Waals surface area contributed by atoms with Crippen molar-refractivity contribution in [1.82, 2.24) is 0 Å². The summed E-state index contributed by atoms with van der Waals surface area (Å²) >= 11 is 0. The molecule has 0 aliphatic heterocycles. The fraction of sp³-hybridized carbons (Fsp3) is 0.750. The molecule has 84 valence electrons. The van der Waals surface area contributed by atoms with Crippen LogP contribution in [0.15, 0.2) is 0 Å². The van der Waals surface area contributed by atoms with E-state index in [1.54, 1.807) is 4.74 Å². The molecular formula is C4F8O2. The first kappa shape index (κ1) is 13.1. The van der Waals surface area contributed by atoms with Gasteiger partial charge in [0, 0.05) is 0 Å². The summed E-state index contributed by atoms with van der Waals surface area (Å²) in [4.78, 5) is 9.66. The number of Topliss-reactive ketones (excluding diaryl/α,β-unsaturated/α-hetero) is 1. The summed E-state index contributed by atoms with van der Waals surface area (Å²) in [7, 11) is 0.